The maximum absolute atomic E-state index is 12.5. The van der Waals surface area contributed by atoms with Gasteiger partial charge in [-0.2, -0.15) is 0 Å². The smallest absolute Gasteiger partial charge is 0.253 e. The van der Waals surface area contributed by atoms with Crippen LogP contribution < -0.4 is 5.32 Å². The number of amides is 1. The summed E-state index contributed by atoms with van der Waals surface area (Å²) in [6.45, 7) is 3.53. The number of hydrogen-bond acceptors (Lipinski definition) is 7. The van der Waals surface area contributed by atoms with Crippen LogP contribution in [0.25, 0.3) is 0 Å². The highest BCUT2D eigenvalue weighted by Gasteiger charge is 2.51. The fraction of sp³-hybridized carbons (Fsp3) is 0.579. The summed E-state index contributed by atoms with van der Waals surface area (Å²) < 4.78 is 10.8. The molecule has 3 heterocycles. The third-order valence-corrected chi connectivity index (χ3v) is 6.06. The second-order valence-corrected chi connectivity index (χ2v) is 7.49. The van der Waals surface area contributed by atoms with Gasteiger partial charge in [-0.15, -0.1) is 0 Å². The van der Waals surface area contributed by atoms with Gasteiger partial charge < -0.3 is 10.1 Å². The Balaban J connectivity index is 1.46. The van der Waals surface area contributed by atoms with Crippen LogP contribution in [0.3, 0.4) is 0 Å². The van der Waals surface area contributed by atoms with E-state index in [9.17, 15) is 4.79 Å². The highest BCUT2D eigenvalue weighted by molar-refractivity contribution is 5.94. The monoisotopic (exact) mass is 371 g/mol. The number of aryl methyl sites for hydroxylation is 1. The number of pyridine rings is 1. The normalized spacial score (nSPS) is 28.1. The van der Waals surface area contributed by atoms with Crippen LogP contribution in [0.2, 0.25) is 0 Å². The van der Waals surface area contributed by atoms with E-state index in [1.54, 1.807) is 31.6 Å². The van der Waals surface area contributed by atoms with Crippen molar-refractivity contribution in [3.63, 3.8) is 0 Å². The van der Waals surface area contributed by atoms with Crippen molar-refractivity contribution in [2.24, 2.45) is 0 Å². The van der Waals surface area contributed by atoms with E-state index < -0.39 is 0 Å². The number of rotatable bonds is 5. The Hall–Kier alpha value is -2.32. The molecule has 0 spiro atoms. The summed E-state index contributed by atoms with van der Waals surface area (Å²) in [6, 6.07) is 3.90. The Labute approximate surface area is 158 Å². The molecule has 3 atom stereocenters. The van der Waals surface area contributed by atoms with E-state index in [2.05, 4.69) is 25.5 Å². The van der Waals surface area contributed by atoms with E-state index in [1.807, 2.05) is 6.92 Å². The van der Waals surface area contributed by atoms with Crippen LogP contribution in [0.4, 0.5) is 0 Å². The van der Waals surface area contributed by atoms with Crippen molar-refractivity contribution >= 4 is 5.91 Å². The third kappa shape index (κ3) is 3.46. The number of aromatic nitrogens is 3. The van der Waals surface area contributed by atoms with Gasteiger partial charge in [0.25, 0.3) is 5.91 Å². The SMILES string of the molecule is CO[C@@]12CC[C@@H](NC(=O)c3cccnc3)C[C@@H]1N(Cc1nonc1C)CC2. The molecule has 27 heavy (non-hydrogen) atoms. The largest absolute Gasteiger partial charge is 0.377 e. The fourth-order valence-electron chi connectivity index (χ4n) is 4.46. The van der Waals surface area contributed by atoms with Crippen LogP contribution in [0, 0.1) is 6.92 Å². The summed E-state index contributed by atoms with van der Waals surface area (Å²) in [7, 11) is 1.80. The molecular weight excluding hydrogens is 346 g/mol. The predicted octanol–water partition coefficient (Wildman–Crippen LogP) is 1.72. The predicted molar refractivity (Wildman–Crippen MR) is 96.9 cm³/mol. The summed E-state index contributed by atoms with van der Waals surface area (Å²) in [5, 5.41) is 11.1. The van der Waals surface area contributed by atoms with Gasteiger partial charge in [0, 0.05) is 44.7 Å². The lowest BCUT2D eigenvalue weighted by Gasteiger charge is -2.43. The zero-order valence-corrected chi connectivity index (χ0v) is 15.7. The minimum atomic E-state index is -0.152. The van der Waals surface area contributed by atoms with Crippen LogP contribution in [-0.2, 0) is 11.3 Å². The lowest BCUT2D eigenvalue weighted by Crippen LogP contribution is -2.54. The summed E-state index contributed by atoms with van der Waals surface area (Å²) in [6.07, 6.45) is 6.95. The molecule has 1 saturated heterocycles. The van der Waals surface area contributed by atoms with Crippen LogP contribution in [0.1, 0.15) is 47.4 Å². The van der Waals surface area contributed by atoms with Gasteiger partial charge in [-0.25, -0.2) is 4.63 Å². The van der Waals surface area contributed by atoms with Crippen molar-refractivity contribution in [1.82, 2.24) is 25.5 Å². The maximum Gasteiger partial charge on any atom is 0.253 e. The molecule has 1 aliphatic heterocycles. The Kier molecular flexibility index (Phi) is 4.92. The van der Waals surface area contributed by atoms with E-state index in [1.165, 1.54) is 0 Å². The molecule has 0 bridgehead atoms. The highest BCUT2D eigenvalue weighted by atomic mass is 16.6. The molecule has 1 saturated carbocycles. The van der Waals surface area contributed by atoms with Gasteiger partial charge in [0.05, 0.1) is 11.2 Å². The lowest BCUT2D eigenvalue weighted by molar-refractivity contribution is -0.0679. The number of nitrogens with one attached hydrogen (secondary N) is 1. The number of carbonyl (C=O) groups is 1. The van der Waals surface area contributed by atoms with Gasteiger partial charge in [-0.05, 0) is 44.7 Å². The number of nitrogens with zero attached hydrogens (tertiary/aromatic N) is 4. The van der Waals surface area contributed by atoms with Crippen molar-refractivity contribution in [2.45, 2.75) is 56.8 Å². The van der Waals surface area contributed by atoms with Crippen LogP contribution in [0.15, 0.2) is 29.2 Å². The molecule has 8 heteroatoms. The first kappa shape index (κ1) is 18.1. The second kappa shape index (κ2) is 7.36. The topological polar surface area (TPSA) is 93.4 Å². The minimum Gasteiger partial charge on any atom is -0.377 e. The van der Waals surface area contributed by atoms with Crippen molar-refractivity contribution in [1.29, 1.82) is 0 Å². The molecule has 144 valence electrons. The standard InChI is InChI=1S/C19H25N5O3/c1-13-16(23-27-22-13)12-24-9-7-19(26-2)6-5-15(10-17(19)24)21-18(25)14-4-3-8-20-11-14/h3-4,8,11,15,17H,5-7,9-10,12H2,1-2H3,(H,21,25)/t15-,17+,19-/m1/s1. The Morgan fingerprint density at radius 1 is 1.44 bits per heavy atom. The molecule has 8 nitrogen and oxygen atoms in total. The Morgan fingerprint density at radius 2 is 2.33 bits per heavy atom. The Morgan fingerprint density at radius 3 is 3.04 bits per heavy atom. The molecule has 1 aliphatic carbocycles. The molecule has 1 N–H and O–H groups in total. The van der Waals surface area contributed by atoms with E-state index in [4.69, 9.17) is 9.37 Å². The van der Waals surface area contributed by atoms with Crippen LogP contribution >= 0.6 is 0 Å². The molecule has 0 aromatic carbocycles. The zero-order chi connectivity index (χ0) is 18.9. The van der Waals surface area contributed by atoms with Crippen molar-refractivity contribution in [3.8, 4) is 0 Å². The average Bonchev–Trinajstić information content (AvgIpc) is 3.27. The molecule has 2 aromatic rings. The number of methoxy groups -OCH3 is 1. The maximum atomic E-state index is 12.5. The van der Waals surface area contributed by atoms with Gasteiger partial charge in [0.15, 0.2) is 0 Å². The first-order chi connectivity index (χ1) is 13.1. The molecule has 0 radical (unpaired) electrons. The lowest BCUT2D eigenvalue weighted by atomic mass is 9.78. The van der Waals surface area contributed by atoms with E-state index in [0.717, 1.165) is 43.6 Å². The second-order valence-electron chi connectivity index (χ2n) is 7.49. The number of fused-ring (bicyclic) bond motifs is 1. The molecular formula is C19H25N5O3. The van der Waals surface area contributed by atoms with Gasteiger partial charge in [-0.1, -0.05) is 10.3 Å². The van der Waals surface area contributed by atoms with Gasteiger partial charge in [0.2, 0.25) is 0 Å². The summed E-state index contributed by atoms with van der Waals surface area (Å²) in [5.74, 6) is -0.0703. The highest BCUT2D eigenvalue weighted by Crippen LogP contribution is 2.43. The van der Waals surface area contributed by atoms with Crippen molar-refractivity contribution in [2.75, 3.05) is 13.7 Å². The van der Waals surface area contributed by atoms with Crippen molar-refractivity contribution < 1.29 is 14.2 Å². The van der Waals surface area contributed by atoms with E-state index in [0.29, 0.717) is 12.1 Å². The molecule has 1 amide bonds. The quantitative estimate of drug-likeness (QED) is 0.855. The van der Waals surface area contributed by atoms with Crippen molar-refractivity contribution in [3.05, 3.63) is 41.5 Å². The molecule has 4 rings (SSSR count). The summed E-state index contributed by atoms with van der Waals surface area (Å²) in [4.78, 5) is 18.9. The molecule has 0 unspecified atom stereocenters. The molecule has 2 aliphatic rings. The average molecular weight is 371 g/mol. The first-order valence-electron chi connectivity index (χ1n) is 9.39. The zero-order valence-electron chi connectivity index (χ0n) is 15.7. The number of hydrogen-bond donors (Lipinski definition) is 1. The van der Waals surface area contributed by atoms with Gasteiger partial charge >= 0.3 is 0 Å². The summed E-state index contributed by atoms with van der Waals surface area (Å²) in [5.41, 5.74) is 2.12. The fourth-order valence-corrected chi connectivity index (χ4v) is 4.46. The van der Waals surface area contributed by atoms with Crippen LogP contribution in [0.5, 0.6) is 0 Å². The molecule has 2 fully saturated rings. The third-order valence-electron chi connectivity index (χ3n) is 6.06. The Bertz CT molecular complexity index is 796. The summed E-state index contributed by atoms with van der Waals surface area (Å²) >= 11 is 0. The van der Waals surface area contributed by atoms with Crippen LogP contribution in [-0.4, -0.2) is 57.4 Å². The first-order valence-corrected chi connectivity index (χ1v) is 9.39. The number of ether oxygens (including phenoxy) is 1. The minimum absolute atomic E-state index is 0.0703. The number of likely N-dealkylation sites (tertiary alicyclic amines) is 1. The van der Waals surface area contributed by atoms with Gasteiger partial charge in [0.1, 0.15) is 11.4 Å². The number of carbonyl (C=O) groups excluding carboxylic acids is 1. The van der Waals surface area contributed by atoms with Gasteiger partial charge in [-0.3, -0.25) is 14.7 Å². The molecule has 2 aromatic heterocycles. The van der Waals surface area contributed by atoms with E-state index >= 15 is 0 Å². The van der Waals surface area contributed by atoms with E-state index in [-0.39, 0.29) is 23.6 Å².